The minimum Gasteiger partial charge on any atom is -0.375 e. The van der Waals surface area contributed by atoms with E-state index in [1.807, 2.05) is 5.38 Å². The third kappa shape index (κ3) is 2.19. The van der Waals surface area contributed by atoms with Crippen LogP contribution in [0.1, 0.15) is 19.4 Å². The molecule has 0 bridgehead atoms. The van der Waals surface area contributed by atoms with E-state index in [-0.39, 0.29) is 5.92 Å². The first-order valence-electron chi connectivity index (χ1n) is 4.62. The standard InChI is InChI=1S/C10H15NO3S/c1-7(2)10(13,9(12)11-14-3)8-4-5-15-6-8/h4-7,13H,1-3H3,(H,11,12). The molecule has 2 N–H and O–H groups in total. The summed E-state index contributed by atoms with van der Waals surface area (Å²) in [5, 5.41) is 13.9. The lowest BCUT2D eigenvalue weighted by atomic mass is 9.84. The van der Waals surface area contributed by atoms with Crippen LogP contribution in [0.4, 0.5) is 0 Å². The van der Waals surface area contributed by atoms with Crippen LogP contribution in [0.3, 0.4) is 0 Å². The smallest absolute Gasteiger partial charge is 0.280 e. The van der Waals surface area contributed by atoms with E-state index in [0.29, 0.717) is 5.56 Å². The molecule has 84 valence electrons. The molecular weight excluding hydrogens is 214 g/mol. The van der Waals surface area contributed by atoms with Crippen molar-refractivity contribution < 1.29 is 14.7 Å². The Morgan fingerprint density at radius 3 is 2.73 bits per heavy atom. The van der Waals surface area contributed by atoms with E-state index in [1.54, 1.807) is 25.3 Å². The molecule has 0 saturated heterocycles. The summed E-state index contributed by atoms with van der Waals surface area (Å²) in [6, 6.07) is 1.74. The Balaban J connectivity index is 3.04. The van der Waals surface area contributed by atoms with Gasteiger partial charge in [0.15, 0.2) is 5.60 Å². The van der Waals surface area contributed by atoms with Crippen molar-refractivity contribution in [3.05, 3.63) is 22.4 Å². The third-order valence-corrected chi connectivity index (χ3v) is 3.02. The number of hydrogen-bond donors (Lipinski definition) is 2. The molecule has 1 rings (SSSR count). The third-order valence-electron chi connectivity index (χ3n) is 2.34. The van der Waals surface area contributed by atoms with Crippen molar-refractivity contribution in [3.8, 4) is 0 Å². The number of hydrogen-bond acceptors (Lipinski definition) is 4. The Morgan fingerprint density at radius 2 is 2.33 bits per heavy atom. The normalized spacial score (nSPS) is 15.0. The Hall–Kier alpha value is -0.910. The summed E-state index contributed by atoms with van der Waals surface area (Å²) in [4.78, 5) is 16.3. The van der Waals surface area contributed by atoms with Crippen LogP contribution in [-0.4, -0.2) is 18.1 Å². The zero-order chi connectivity index (χ0) is 11.5. The summed E-state index contributed by atoms with van der Waals surface area (Å²) in [5.41, 5.74) is 1.23. The van der Waals surface area contributed by atoms with Crippen LogP contribution >= 0.6 is 11.3 Å². The molecule has 0 radical (unpaired) electrons. The van der Waals surface area contributed by atoms with E-state index in [2.05, 4.69) is 10.3 Å². The summed E-state index contributed by atoms with van der Waals surface area (Å²) in [6.07, 6.45) is 0. The van der Waals surface area contributed by atoms with Crippen LogP contribution in [0.2, 0.25) is 0 Å². The van der Waals surface area contributed by atoms with Gasteiger partial charge in [-0.2, -0.15) is 11.3 Å². The summed E-state index contributed by atoms with van der Waals surface area (Å²) in [5.74, 6) is -0.777. The SMILES string of the molecule is CONC(=O)C(O)(c1ccsc1)C(C)C. The van der Waals surface area contributed by atoms with Gasteiger partial charge in [-0.15, -0.1) is 0 Å². The Kier molecular flexibility index (Phi) is 3.84. The zero-order valence-corrected chi connectivity index (χ0v) is 9.80. The van der Waals surface area contributed by atoms with E-state index in [4.69, 9.17) is 0 Å². The lowest BCUT2D eigenvalue weighted by Crippen LogP contribution is -2.47. The fraction of sp³-hybridized carbons (Fsp3) is 0.500. The molecule has 1 aromatic heterocycles. The van der Waals surface area contributed by atoms with Gasteiger partial charge < -0.3 is 5.11 Å². The Labute approximate surface area is 92.8 Å². The number of aliphatic hydroxyl groups is 1. The highest BCUT2D eigenvalue weighted by atomic mass is 32.1. The molecule has 0 aliphatic rings. The molecule has 0 saturated carbocycles. The molecule has 1 amide bonds. The van der Waals surface area contributed by atoms with Gasteiger partial charge in [-0.1, -0.05) is 13.8 Å². The maximum atomic E-state index is 11.7. The zero-order valence-electron chi connectivity index (χ0n) is 8.98. The van der Waals surface area contributed by atoms with Gasteiger partial charge in [-0.05, 0) is 22.7 Å². The molecule has 1 atom stereocenters. The van der Waals surface area contributed by atoms with Gasteiger partial charge in [0.2, 0.25) is 0 Å². The van der Waals surface area contributed by atoms with Crippen molar-refractivity contribution >= 4 is 17.2 Å². The first-order chi connectivity index (χ1) is 7.03. The Bertz CT molecular complexity index is 323. The van der Waals surface area contributed by atoms with Gasteiger partial charge >= 0.3 is 0 Å². The fourth-order valence-corrected chi connectivity index (χ4v) is 2.09. The monoisotopic (exact) mass is 229 g/mol. The average molecular weight is 229 g/mol. The number of carbonyl (C=O) groups excluding carboxylic acids is 1. The van der Waals surface area contributed by atoms with Crippen molar-refractivity contribution in [3.63, 3.8) is 0 Å². The second-order valence-corrected chi connectivity index (χ2v) is 4.35. The lowest BCUT2D eigenvalue weighted by molar-refractivity contribution is -0.157. The van der Waals surface area contributed by atoms with Gasteiger partial charge in [-0.25, -0.2) is 5.48 Å². The van der Waals surface area contributed by atoms with Crippen LogP contribution < -0.4 is 5.48 Å². The van der Waals surface area contributed by atoms with Crippen LogP contribution in [0, 0.1) is 5.92 Å². The van der Waals surface area contributed by atoms with Crippen LogP contribution in [0.5, 0.6) is 0 Å². The average Bonchev–Trinajstić information content (AvgIpc) is 2.69. The first kappa shape index (κ1) is 12.2. The largest absolute Gasteiger partial charge is 0.375 e. The fourth-order valence-electron chi connectivity index (χ4n) is 1.38. The van der Waals surface area contributed by atoms with E-state index < -0.39 is 11.5 Å². The van der Waals surface area contributed by atoms with Gasteiger partial charge in [-0.3, -0.25) is 9.63 Å². The molecule has 1 unspecified atom stereocenters. The van der Waals surface area contributed by atoms with Crippen LogP contribution in [-0.2, 0) is 15.2 Å². The molecule has 1 heterocycles. The van der Waals surface area contributed by atoms with Crippen LogP contribution in [0.25, 0.3) is 0 Å². The second kappa shape index (κ2) is 4.74. The van der Waals surface area contributed by atoms with Gasteiger partial charge in [0.25, 0.3) is 5.91 Å². The molecule has 1 aromatic rings. The quantitative estimate of drug-likeness (QED) is 0.764. The van der Waals surface area contributed by atoms with E-state index >= 15 is 0 Å². The number of amides is 1. The first-order valence-corrected chi connectivity index (χ1v) is 5.56. The molecular formula is C10H15NO3S. The number of nitrogens with one attached hydrogen (secondary N) is 1. The minimum absolute atomic E-state index is 0.234. The number of carbonyl (C=O) groups is 1. The summed E-state index contributed by atoms with van der Waals surface area (Å²) < 4.78 is 0. The summed E-state index contributed by atoms with van der Waals surface area (Å²) in [6.45, 7) is 3.57. The van der Waals surface area contributed by atoms with Gasteiger partial charge in [0.05, 0.1) is 7.11 Å². The molecule has 0 fully saturated rings. The molecule has 0 spiro atoms. The number of hydroxylamine groups is 1. The molecule has 0 aliphatic heterocycles. The molecule has 0 aromatic carbocycles. The highest BCUT2D eigenvalue weighted by molar-refractivity contribution is 7.08. The predicted octanol–water partition coefficient (Wildman–Crippen LogP) is 1.27. The highest BCUT2D eigenvalue weighted by Gasteiger charge is 2.41. The van der Waals surface area contributed by atoms with E-state index in [1.165, 1.54) is 18.4 Å². The predicted molar refractivity (Wildman–Crippen MR) is 58.2 cm³/mol. The topological polar surface area (TPSA) is 58.6 Å². The molecule has 15 heavy (non-hydrogen) atoms. The van der Waals surface area contributed by atoms with Crippen molar-refractivity contribution in [2.45, 2.75) is 19.4 Å². The lowest BCUT2D eigenvalue weighted by Gasteiger charge is -2.29. The van der Waals surface area contributed by atoms with Crippen LogP contribution in [0.15, 0.2) is 16.8 Å². The van der Waals surface area contributed by atoms with Gasteiger partial charge in [0, 0.05) is 5.56 Å². The maximum Gasteiger partial charge on any atom is 0.280 e. The highest BCUT2D eigenvalue weighted by Crippen LogP contribution is 2.31. The van der Waals surface area contributed by atoms with Crippen molar-refractivity contribution in [1.82, 2.24) is 5.48 Å². The summed E-state index contributed by atoms with van der Waals surface area (Å²) in [7, 11) is 1.34. The molecule has 5 heteroatoms. The number of rotatable bonds is 4. The maximum absolute atomic E-state index is 11.7. The van der Waals surface area contributed by atoms with Crippen molar-refractivity contribution in [1.29, 1.82) is 0 Å². The summed E-state index contributed by atoms with van der Waals surface area (Å²) >= 11 is 1.44. The Morgan fingerprint density at radius 1 is 1.67 bits per heavy atom. The minimum atomic E-state index is -1.53. The van der Waals surface area contributed by atoms with Crippen molar-refractivity contribution in [2.24, 2.45) is 5.92 Å². The van der Waals surface area contributed by atoms with E-state index in [0.717, 1.165) is 0 Å². The van der Waals surface area contributed by atoms with Crippen molar-refractivity contribution in [2.75, 3.05) is 7.11 Å². The molecule has 4 nitrogen and oxygen atoms in total. The van der Waals surface area contributed by atoms with E-state index in [9.17, 15) is 9.90 Å². The molecule has 0 aliphatic carbocycles. The van der Waals surface area contributed by atoms with Gasteiger partial charge in [0.1, 0.15) is 0 Å². The second-order valence-electron chi connectivity index (χ2n) is 3.57. The number of thiophene rings is 1.